The zero-order valence-corrected chi connectivity index (χ0v) is 17.5. The van der Waals surface area contributed by atoms with Crippen molar-refractivity contribution in [2.24, 2.45) is 0 Å². The van der Waals surface area contributed by atoms with Crippen LogP contribution in [0.25, 0.3) is 11.1 Å². The third-order valence-electron chi connectivity index (χ3n) is 6.31. The summed E-state index contributed by atoms with van der Waals surface area (Å²) in [7, 11) is 0. The van der Waals surface area contributed by atoms with Crippen LogP contribution < -0.4 is 10.6 Å². The predicted molar refractivity (Wildman–Crippen MR) is 119 cm³/mol. The Bertz CT molecular complexity index is 854. The number of hydrogen-bond donors (Lipinski definition) is 2. The van der Waals surface area contributed by atoms with Crippen molar-refractivity contribution in [3.63, 3.8) is 0 Å². The van der Waals surface area contributed by atoms with Crippen LogP contribution in [0.3, 0.4) is 0 Å². The summed E-state index contributed by atoms with van der Waals surface area (Å²) in [4.78, 5) is 27.4. The summed E-state index contributed by atoms with van der Waals surface area (Å²) in [5, 5.41) is 6.38. The number of rotatable bonds is 4. The third kappa shape index (κ3) is 5.02. The van der Waals surface area contributed by atoms with Crippen LogP contribution in [0.1, 0.15) is 55.3 Å². The average Bonchev–Trinajstić information content (AvgIpc) is 2.81. The number of carbonyl (C=O) groups is 2. The highest BCUT2D eigenvalue weighted by atomic mass is 16.2. The van der Waals surface area contributed by atoms with Crippen LogP contribution in [-0.4, -0.2) is 42.0 Å². The van der Waals surface area contributed by atoms with Gasteiger partial charge < -0.3 is 15.5 Å². The molecule has 0 radical (unpaired) electrons. The Morgan fingerprint density at radius 1 is 0.733 bits per heavy atom. The first-order valence-electron chi connectivity index (χ1n) is 11.2. The van der Waals surface area contributed by atoms with Gasteiger partial charge in [-0.2, -0.15) is 0 Å². The Balaban J connectivity index is 1.31. The Hall–Kier alpha value is -2.82. The van der Waals surface area contributed by atoms with Gasteiger partial charge in [-0.05, 0) is 42.9 Å². The first-order chi connectivity index (χ1) is 14.7. The highest BCUT2D eigenvalue weighted by Crippen LogP contribution is 2.24. The molecule has 158 valence electrons. The van der Waals surface area contributed by atoms with Crippen molar-refractivity contribution in [1.29, 1.82) is 0 Å². The Morgan fingerprint density at radius 2 is 1.37 bits per heavy atom. The molecule has 0 bridgehead atoms. The number of carbonyl (C=O) groups excluding carboxylic acids is 2. The SMILES string of the molecule is O=C(NC1CCN(C(=O)NC2CCCCC2)CC1)c1ccccc1-c1ccccc1. The molecule has 0 atom stereocenters. The van der Waals surface area contributed by atoms with Crippen LogP contribution in [0.2, 0.25) is 0 Å². The first kappa shape index (κ1) is 20.5. The first-order valence-corrected chi connectivity index (χ1v) is 11.2. The van der Waals surface area contributed by atoms with Gasteiger partial charge in [0.05, 0.1) is 0 Å². The van der Waals surface area contributed by atoms with Gasteiger partial charge in [0.2, 0.25) is 0 Å². The molecular weight excluding hydrogens is 374 g/mol. The molecule has 4 rings (SSSR count). The second kappa shape index (κ2) is 9.79. The van der Waals surface area contributed by atoms with Gasteiger partial charge in [-0.15, -0.1) is 0 Å². The lowest BCUT2D eigenvalue weighted by molar-refractivity contribution is 0.0918. The van der Waals surface area contributed by atoms with Crippen molar-refractivity contribution in [3.05, 3.63) is 60.2 Å². The second-order valence-electron chi connectivity index (χ2n) is 8.43. The molecule has 0 aromatic heterocycles. The molecule has 1 heterocycles. The van der Waals surface area contributed by atoms with Gasteiger partial charge >= 0.3 is 6.03 Å². The molecule has 1 aliphatic heterocycles. The van der Waals surface area contributed by atoms with E-state index in [-0.39, 0.29) is 18.0 Å². The zero-order valence-electron chi connectivity index (χ0n) is 17.5. The molecule has 0 unspecified atom stereocenters. The molecule has 2 fully saturated rings. The lowest BCUT2D eigenvalue weighted by Gasteiger charge is -2.34. The van der Waals surface area contributed by atoms with E-state index in [1.54, 1.807) is 0 Å². The van der Waals surface area contributed by atoms with E-state index in [0.717, 1.165) is 36.8 Å². The summed E-state index contributed by atoms with van der Waals surface area (Å²) in [5.41, 5.74) is 2.68. The van der Waals surface area contributed by atoms with Gasteiger partial charge in [-0.3, -0.25) is 4.79 Å². The van der Waals surface area contributed by atoms with Crippen LogP contribution in [0, 0.1) is 0 Å². The van der Waals surface area contributed by atoms with Crippen molar-refractivity contribution in [2.75, 3.05) is 13.1 Å². The van der Waals surface area contributed by atoms with Gasteiger partial charge in [-0.25, -0.2) is 4.79 Å². The van der Waals surface area contributed by atoms with E-state index in [0.29, 0.717) is 24.7 Å². The second-order valence-corrected chi connectivity index (χ2v) is 8.43. The monoisotopic (exact) mass is 405 g/mol. The molecule has 5 heteroatoms. The van der Waals surface area contributed by atoms with Crippen LogP contribution in [0.5, 0.6) is 0 Å². The van der Waals surface area contributed by atoms with Gasteiger partial charge in [0.1, 0.15) is 0 Å². The normalized spacial score (nSPS) is 18.1. The minimum Gasteiger partial charge on any atom is -0.349 e. The summed E-state index contributed by atoms with van der Waals surface area (Å²) in [6, 6.07) is 18.2. The van der Waals surface area contributed by atoms with E-state index in [9.17, 15) is 9.59 Å². The Kier molecular flexibility index (Phi) is 6.67. The number of piperidine rings is 1. The van der Waals surface area contributed by atoms with Crippen LogP contribution in [0.15, 0.2) is 54.6 Å². The lowest BCUT2D eigenvalue weighted by atomic mass is 9.95. The van der Waals surface area contributed by atoms with Gasteiger partial charge in [0.25, 0.3) is 5.91 Å². The topological polar surface area (TPSA) is 61.4 Å². The Morgan fingerprint density at radius 3 is 2.10 bits per heavy atom. The van der Waals surface area contributed by atoms with E-state index in [4.69, 9.17) is 0 Å². The maximum Gasteiger partial charge on any atom is 0.317 e. The molecule has 2 aromatic carbocycles. The molecule has 2 aromatic rings. The summed E-state index contributed by atoms with van der Waals surface area (Å²) in [6.45, 7) is 1.37. The highest BCUT2D eigenvalue weighted by Gasteiger charge is 2.26. The minimum atomic E-state index is -0.0421. The lowest BCUT2D eigenvalue weighted by Crippen LogP contribution is -2.51. The van der Waals surface area contributed by atoms with Crippen LogP contribution in [-0.2, 0) is 0 Å². The zero-order chi connectivity index (χ0) is 20.8. The molecule has 1 saturated carbocycles. The summed E-state index contributed by atoms with van der Waals surface area (Å²) >= 11 is 0. The molecule has 2 aliphatic rings. The van der Waals surface area contributed by atoms with Gasteiger partial charge in [0.15, 0.2) is 0 Å². The van der Waals surface area contributed by atoms with Crippen molar-refractivity contribution in [2.45, 2.75) is 57.0 Å². The average molecular weight is 406 g/mol. The third-order valence-corrected chi connectivity index (χ3v) is 6.31. The van der Waals surface area contributed by atoms with E-state index < -0.39 is 0 Å². The largest absolute Gasteiger partial charge is 0.349 e. The van der Waals surface area contributed by atoms with Crippen LogP contribution >= 0.6 is 0 Å². The van der Waals surface area contributed by atoms with E-state index in [2.05, 4.69) is 10.6 Å². The Labute approximate surface area is 178 Å². The highest BCUT2D eigenvalue weighted by molar-refractivity contribution is 6.01. The predicted octanol–water partition coefficient (Wildman–Crippen LogP) is 4.59. The molecule has 3 amide bonds. The number of hydrogen-bond acceptors (Lipinski definition) is 2. The standard InChI is InChI=1S/C25H31N3O2/c29-24(23-14-8-7-13-22(23)19-9-3-1-4-10-19)26-21-15-17-28(18-16-21)25(30)27-20-11-5-2-6-12-20/h1,3-4,7-10,13-14,20-21H,2,5-6,11-12,15-18H2,(H,26,29)(H,27,30). The molecule has 0 spiro atoms. The fraction of sp³-hybridized carbons (Fsp3) is 0.440. The molecule has 2 N–H and O–H groups in total. The maximum atomic E-state index is 13.0. The molecular formula is C25H31N3O2. The summed E-state index contributed by atoms with van der Waals surface area (Å²) in [5.74, 6) is -0.0421. The fourth-order valence-electron chi connectivity index (χ4n) is 4.55. The molecule has 1 aliphatic carbocycles. The van der Waals surface area contributed by atoms with E-state index in [1.165, 1.54) is 19.3 Å². The molecule has 1 saturated heterocycles. The van der Waals surface area contributed by atoms with Crippen molar-refractivity contribution >= 4 is 11.9 Å². The van der Waals surface area contributed by atoms with Gasteiger partial charge in [0, 0.05) is 30.7 Å². The van der Waals surface area contributed by atoms with Crippen molar-refractivity contribution in [1.82, 2.24) is 15.5 Å². The van der Waals surface area contributed by atoms with Crippen molar-refractivity contribution < 1.29 is 9.59 Å². The number of benzene rings is 2. The van der Waals surface area contributed by atoms with Crippen molar-refractivity contribution in [3.8, 4) is 11.1 Å². The number of nitrogens with zero attached hydrogens (tertiary/aromatic N) is 1. The summed E-state index contributed by atoms with van der Waals surface area (Å²) < 4.78 is 0. The fourth-order valence-corrected chi connectivity index (χ4v) is 4.55. The number of amides is 3. The molecule has 30 heavy (non-hydrogen) atoms. The van der Waals surface area contributed by atoms with Crippen LogP contribution in [0.4, 0.5) is 4.79 Å². The summed E-state index contributed by atoms with van der Waals surface area (Å²) in [6.07, 6.45) is 7.48. The number of nitrogens with one attached hydrogen (secondary N) is 2. The maximum absolute atomic E-state index is 13.0. The number of likely N-dealkylation sites (tertiary alicyclic amines) is 1. The van der Waals surface area contributed by atoms with E-state index >= 15 is 0 Å². The smallest absolute Gasteiger partial charge is 0.317 e. The minimum absolute atomic E-state index is 0.0421. The molecule has 5 nitrogen and oxygen atoms in total. The van der Waals surface area contributed by atoms with Gasteiger partial charge in [-0.1, -0.05) is 67.8 Å². The number of urea groups is 1. The van der Waals surface area contributed by atoms with E-state index in [1.807, 2.05) is 59.5 Å². The quantitative estimate of drug-likeness (QED) is 0.781.